The van der Waals surface area contributed by atoms with Crippen molar-refractivity contribution in [3.8, 4) is 0 Å². The highest BCUT2D eigenvalue weighted by molar-refractivity contribution is 6.42. The summed E-state index contributed by atoms with van der Waals surface area (Å²) >= 11 is 11.4. The van der Waals surface area contributed by atoms with Crippen molar-refractivity contribution in [3.63, 3.8) is 0 Å². The molecule has 5 heteroatoms. The minimum Gasteiger partial charge on any atom is -0.475 e. The lowest BCUT2D eigenvalue weighted by molar-refractivity contribution is -0.146. The van der Waals surface area contributed by atoms with Gasteiger partial charge in [0.2, 0.25) is 0 Å². The lowest BCUT2D eigenvalue weighted by Crippen LogP contribution is -2.08. The second-order valence-corrected chi connectivity index (χ2v) is 3.49. The Balaban J connectivity index is 2.86. The monoisotopic (exact) mass is 244 g/mol. The number of halogens is 2. The van der Waals surface area contributed by atoms with E-state index in [0.29, 0.717) is 15.6 Å². The van der Waals surface area contributed by atoms with Crippen molar-refractivity contribution in [2.45, 2.75) is 0 Å². The Morgan fingerprint density at radius 3 is 2.40 bits per heavy atom. The first kappa shape index (κ1) is 11.8. The van der Waals surface area contributed by atoms with Gasteiger partial charge in [-0.3, -0.25) is 4.79 Å². The molecule has 0 spiro atoms. The van der Waals surface area contributed by atoms with Crippen LogP contribution in [0.15, 0.2) is 24.3 Å². The van der Waals surface area contributed by atoms with Crippen LogP contribution < -0.4 is 0 Å². The molecular formula is C10H6Cl2O3. The number of hydrogen-bond donors (Lipinski definition) is 1. The molecule has 1 rings (SSSR count). The van der Waals surface area contributed by atoms with Crippen molar-refractivity contribution >= 4 is 41.0 Å². The first-order valence-electron chi connectivity index (χ1n) is 3.91. The van der Waals surface area contributed by atoms with Crippen LogP contribution in [-0.2, 0) is 9.59 Å². The van der Waals surface area contributed by atoms with Crippen molar-refractivity contribution in [3.05, 3.63) is 39.9 Å². The Hall–Kier alpha value is -1.32. The van der Waals surface area contributed by atoms with E-state index in [0.717, 1.165) is 6.08 Å². The number of rotatable bonds is 3. The molecule has 0 unspecified atom stereocenters. The van der Waals surface area contributed by atoms with Gasteiger partial charge in [0.1, 0.15) is 0 Å². The molecule has 0 aliphatic heterocycles. The number of benzene rings is 1. The summed E-state index contributed by atoms with van der Waals surface area (Å²) in [5.41, 5.74) is 0.610. The van der Waals surface area contributed by atoms with Gasteiger partial charge in [0.05, 0.1) is 10.0 Å². The van der Waals surface area contributed by atoms with E-state index in [1.807, 2.05) is 0 Å². The van der Waals surface area contributed by atoms with Crippen molar-refractivity contribution in [2.24, 2.45) is 0 Å². The molecule has 0 fully saturated rings. The van der Waals surface area contributed by atoms with Gasteiger partial charge >= 0.3 is 5.97 Å². The Kier molecular flexibility index (Phi) is 3.88. The summed E-state index contributed by atoms with van der Waals surface area (Å²) in [4.78, 5) is 20.9. The summed E-state index contributed by atoms with van der Waals surface area (Å²) in [5, 5.41) is 9.06. The van der Waals surface area contributed by atoms with Gasteiger partial charge in [-0.25, -0.2) is 4.79 Å². The zero-order valence-corrected chi connectivity index (χ0v) is 8.92. The molecule has 0 heterocycles. The summed E-state index contributed by atoms with van der Waals surface area (Å²) in [6, 6.07) is 4.73. The first-order valence-corrected chi connectivity index (χ1v) is 4.66. The highest BCUT2D eigenvalue weighted by atomic mass is 35.5. The van der Waals surface area contributed by atoms with E-state index < -0.39 is 11.8 Å². The van der Waals surface area contributed by atoms with E-state index in [9.17, 15) is 9.59 Å². The Morgan fingerprint density at radius 1 is 1.20 bits per heavy atom. The summed E-state index contributed by atoms with van der Waals surface area (Å²) < 4.78 is 0. The highest BCUT2D eigenvalue weighted by Crippen LogP contribution is 2.22. The van der Waals surface area contributed by atoms with Gasteiger partial charge in [0.15, 0.2) is 0 Å². The van der Waals surface area contributed by atoms with Gasteiger partial charge in [-0.05, 0) is 23.8 Å². The van der Waals surface area contributed by atoms with Gasteiger partial charge in [0, 0.05) is 0 Å². The molecule has 0 aliphatic rings. The van der Waals surface area contributed by atoms with Crippen LogP contribution in [0.4, 0.5) is 0 Å². The first-order chi connectivity index (χ1) is 7.00. The van der Waals surface area contributed by atoms with Gasteiger partial charge in [-0.2, -0.15) is 0 Å². The molecule has 0 atom stereocenters. The fourth-order valence-electron chi connectivity index (χ4n) is 0.859. The van der Waals surface area contributed by atoms with Crippen LogP contribution in [0.25, 0.3) is 6.08 Å². The van der Waals surface area contributed by atoms with Gasteiger partial charge in [-0.1, -0.05) is 35.3 Å². The maximum absolute atomic E-state index is 10.7. The van der Waals surface area contributed by atoms with E-state index >= 15 is 0 Å². The van der Waals surface area contributed by atoms with E-state index in [1.165, 1.54) is 12.1 Å². The minimum absolute atomic E-state index is 0.349. The van der Waals surface area contributed by atoms with Crippen LogP contribution in [0.5, 0.6) is 0 Å². The van der Waals surface area contributed by atoms with E-state index in [1.54, 1.807) is 12.1 Å². The molecule has 0 saturated heterocycles. The number of aliphatic carboxylic acids is 1. The molecule has 15 heavy (non-hydrogen) atoms. The van der Waals surface area contributed by atoms with E-state index in [4.69, 9.17) is 28.3 Å². The van der Waals surface area contributed by atoms with Crippen LogP contribution in [0.3, 0.4) is 0 Å². The second-order valence-electron chi connectivity index (χ2n) is 2.68. The fraction of sp³-hybridized carbons (Fsp3) is 0. The fourth-order valence-corrected chi connectivity index (χ4v) is 1.17. The second kappa shape index (κ2) is 4.96. The molecule has 1 aromatic carbocycles. The number of carbonyl (C=O) groups excluding carboxylic acids is 1. The standard InChI is InChI=1S/C10H6Cl2O3/c11-7-3-1-6(5-8(7)12)2-4-9(13)10(14)15/h1-5H,(H,14,15). The third-order valence-corrected chi connectivity index (χ3v) is 2.32. The summed E-state index contributed by atoms with van der Waals surface area (Å²) in [6.07, 6.45) is 2.32. The van der Waals surface area contributed by atoms with Gasteiger partial charge < -0.3 is 5.11 Å². The average Bonchev–Trinajstić information content (AvgIpc) is 2.19. The van der Waals surface area contributed by atoms with Crippen molar-refractivity contribution in [1.82, 2.24) is 0 Å². The third kappa shape index (κ3) is 3.38. The molecule has 0 aromatic heterocycles. The highest BCUT2D eigenvalue weighted by Gasteiger charge is 2.05. The Labute approximate surface area is 95.9 Å². The normalized spacial score (nSPS) is 10.5. The molecule has 0 radical (unpaired) electrons. The van der Waals surface area contributed by atoms with Crippen LogP contribution in [0, 0.1) is 0 Å². The van der Waals surface area contributed by atoms with Crippen LogP contribution in [-0.4, -0.2) is 16.9 Å². The Bertz CT molecular complexity index is 438. The molecule has 3 nitrogen and oxygen atoms in total. The zero-order chi connectivity index (χ0) is 11.4. The predicted molar refractivity (Wildman–Crippen MR) is 58.1 cm³/mol. The van der Waals surface area contributed by atoms with Crippen molar-refractivity contribution in [1.29, 1.82) is 0 Å². The zero-order valence-electron chi connectivity index (χ0n) is 7.41. The molecular weight excluding hydrogens is 239 g/mol. The molecule has 1 aromatic rings. The number of hydrogen-bond acceptors (Lipinski definition) is 2. The predicted octanol–water partition coefficient (Wildman–Crippen LogP) is 2.66. The smallest absolute Gasteiger partial charge is 0.376 e. The average molecular weight is 245 g/mol. The van der Waals surface area contributed by atoms with Gasteiger partial charge in [0.25, 0.3) is 5.78 Å². The molecule has 0 amide bonds. The van der Waals surface area contributed by atoms with Crippen molar-refractivity contribution in [2.75, 3.05) is 0 Å². The summed E-state index contributed by atoms with van der Waals surface area (Å²) in [7, 11) is 0. The Morgan fingerprint density at radius 2 is 1.87 bits per heavy atom. The SMILES string of the molecule is O=C(O)C(=O)C=Cc1ccc(Cl)c(Cl)c1. The van der Waals surface area contributed by atoms with Crippen LogP contribution >= 0.6 is 23.2 Å². The lowest BCUT2D eigenvalue weighted by atomic mass is 10.2. The summed E-state index contributed by atoms with van der Waals surface area (Å²) in [6.45, 7) is 0. The number of carboxylic acids is 1. The minimum atomic E-state index is -1.49. The molecule has 1 N–H and O–H groups in total. The van der Waals surface area contributed by atoms with Crippen molar-refractivity contribution < 1.29 is 14.7 Å². The van der Waals surface area contributed by atoms with E-state index in [-0.39, 0.29) is 0 Å². The largest absolute Gasteiger partial charge is 0.475 e. The van der Waals surface area contributed by atoms with Gasteiger partial charge in [-0.15, -0.1) is 0 Å². The number of ketones is 1. The van der Waals surface area contributed by atoms with E-state index in [2.05, 4.69) is 0 Å². The molecule has 0 bridgehead atoms. The lowest BCUT2D eigenvalue weighted by Gasteiger charge is -1.96. The van der Waals surface area contributed by atoms with Crippen LogP contribution in [0.1, 0.15) is 5.56 Å². The maximum atomic E-state index is 10.7. The molecule has 78 valence electrons. The third-order valence-electron chi connectivity index (χ3n) is 1.58. The molecule has 0 aliphatic carbocycles. The topological polar surface area (TPSA) is 54.4 Å². The number of carboxylic acid groups (broad SMARTS) is 1. The number of carbonyl (C=O) groups is 2. The molecule has 0 saturated carbocycles. The quantitative estimate of drug-likeness (QED) is 0.657. The maximum Gasteiger partial charge on any atom is 0.376 e. The van der Waals surface area contributed by atoms with Crippen LogP contribution in [0.2, 0.25) is 10.0 Å². The summed E-state index contributed by atoms with van der Waals surface area (Å²) in [5.74, 6) is -2.48.